The Labute approximate surface area is 151 Å². The molecule has 0 saturated carbocycles. The topological polar surface area (TPSA) is 42.0 Å². The normalized spacial score (nSPS) is 17.4. The second kappa shape index (κ2) is 7.65. The molecule has 1 aromatic rings. The van der Waals surface area contributed by atoms with Crippen LogP contribution in [0.4, 0.5) is 4.79 Å². The molecular formula is C20H32N2O3. The number of amides is 1. The zero-order valence-corrected chi connectivity index (χ0v) is 16.7. The van der Waals surface area contributed by atoms with Gasteiger partial charge in [0, 0.05) is 18.7 Å². The number of methoxy groups -OCH3 is 1. The molecular weight excluding hydrogens is 316 g/mol. The number of hydrogen-bond acceptors (Lipinski definition) is 4. The van der Waals surface area contributed by atoms with E-state index in [-0.39, 0.29) is 12.1 Å². The van der Waals surface area contributed by atoms with Crippen molar-refractivity contribution in [2.45, 2.75) is 58.7 Å². The second-order valence-corrected chi connectivity index (χ2v) is 7.95. The average molecular weight is 348 g/mol. The summed E-state index contributed by atoms with van der Waals surface area (Å²) in [5, 5.41) is 0. The summed E-state index contributed by atoms with van der Waals surface area (Å²) in [6.07, 6.45) is 1.46. The summed E-state index contributed by atoms with van der Waals surface area (Å²) in [6.45, 7) is 9.34. The Morgan fingerprint density at radius 2 is 2.00 bits per heavy atom. The van der Waals surface area contributed by atoms with Gasteiger partial charge in [0.25, 0.3) is 0 Å². The zero-order valence-electron chi connectivity index (χ0n) is 16.7. The van der Waals surface area contributed by atoms with Crippen molar-refractivity contribution in [3.63, 3.8) is 0 Å². The van der Waals surface area contributed by atoms with E-state index in [0.29, 0.717) is 6.54 Å². The summed E-state index contributed by atoms with van der Waals surface area (Å²) < 4.78 is 11.2. The fraction of sp³-hybridized carbons (Fsp3) is 0.650. The number of rotatable bonds is 4. The van der Waals surface area contributed by atoms with Crippen LogP contribution in [0.15, 0.2) is 12.1 Å². The van der Waals surface area contributed by atoms with E-state index in [1.807, 2.05) is 25.7 Å². The van der Waals surface area contributed by atoms with Gasteiger partial charge >= 0.3 is 6.09 Å². The van der Waals surface area contributed by atoms with Crippen molar-refractivity contribution in [1.82, 2.24) is 9.80 Å². The Bertz CT molecular complexity index is 620. The Morgan fingerprint density at radius 1 is 1.32 bits per heavy atom. The van der Waals surface area contributed by atoms with Crippen LogP contribution in [0.1, 0.15) is 56.8 Å². The maximum atomic E-state index is 12.6. The third kappa shape index (κ3) is 4.66. The minimum Gasteiger partial charge on any atom is -0.496 e. The van der Waals surface area contributed by atoms with E-state index in [4.69, 9.17) is 9.47 Å². The van der Waals surface area contributed by atoms with Crippen LogP contribution in [-0.2, 0) is 17.7 Å². The molecule has 0 fully saturated rings. The van der Waals surface area contributed by atoms with Crippen LogP contribution >= 0.6 is 0 Å². The molecule has 1 heterocycles. The van der Waals surface area contributed by atoms with Crippen LogP contribution in [0.5, 0.6) is 5.75 Å². The molecule has 1 aromatic carbocycles. The Morgan fingerprint density at radius 3 is 2.52 bits per heavy atom. The molecule has 5 nitrogen and oxygen atoms in total. The lowest BCUT2D eigenvalue weighted by atomic mass is 9.89. The molecule has 0 radical (unpaired) electrons. The van der Waals surface area contributed by atoms with E-state index >= 15 is 0 Å². The predicted octanol–water partition coefficient (Wildman–Crippen LogP) is 4.00. The molecule has 0 N–H and O–H groups in total. The maximum absolute atomic E-state index is 12.6. The van der Waals surface area contributed by atoms with Gasteiger partial charge in [-0.15, -0.1) is 0 Å². The Hall–Kier alpha value is -1.75. The average Bonchev–Trinajstić information content (AvgIpc) is 2.50. The SMILES string of the molecule is CCC1c2cc(OC)c(CN(C)C)cc2CCN1C(=O)OC(C)(C)C. The van der Waals surface area contributed by atoms with Crippen LogP contribution in [0.2, 0.25) is 0 Å². The summed E-state index contributed by atoms with van der Waals surface area (Å²) in [6, 6.07) is 4.38. The number of carbonyl (C=O) groups is 1. The highest BCUT2D eigenvalue weighted by Gasteiger charge is 2.33. The fourth-order valence-electron chi connectivity index (χ4n) is 3.42. The highest BCUT2D eigenvalue weighted by molar-refractivity contribution is 5.69. The minimum atomic E-state index is -0.483. The molecule has 0 aliphatic carbocycles. The van der Waals surface area contributed by atoms with Crippen molar-refractivity contribution in [3.05, 3.63) is 28.8 Å². The maximum Gasteiger partial charge on any atom is 0.410 e. The van der Waals surface area contributed by atoms with Crippen LogP contribution in [-0.4, -0.2) is 49.2 Å². The lowest BCUT2D eigenvalue weighted by Gasteiger charge is -2.38. The van der Waals surface area contributed by atoms with Crippen molar-refractivity contribution in [2.75, 3.05) is 27.7 Å². The van der Waals surface area contributed by atoms with Gasteiger partial charge in [0.05, 0.1) is 13.2 Å². The molecule has 140 valence electrons. The molecule has 1 amide bonds. The van der Waals surface area contributed by atoms with Gasteiger partial charge in [-0.05, 0) is 64.9 Å². The summed E-state index contributed by atoms with van der Waals surface area (Å²) in [4.78, 5) is 16.6. The van der Waals surface area contributed by atoms with E-state index in [1.54, 1.807) is 7.11 Å². The number of nitrogens with zero attached hydrogens (tertiary/aromatic N) is 2. The van der Waals surface area contributed by atoms with Gasteiger partial charge in [-0.25, -0.2) is 4.79 Å². The first kappa shape index (κ1) is 19.6. The van der Waals surface area contributed by atoms with Crippen LogP contribution in [0.25, 0.3) is 0 Å². The zero-order chi connectivity index (χ0) is 18.8. The highest BCUT2D eigenvalue weighted by Crippen LogP contribution is 2.37. The molecule has 1 unspecified atom stereocenters. The van der Waals surface area contributed by atoms with Crippen molar-refractivity contribution in [1.29, 1.82) is 0 Å². The lowest BCUT2D eigenvalue weighted by Crippen LogP contribution is -2.43. The van der Waals surface area contributed by atoms with E-state index in [1.165, 1.54) is 16.7 Å². The summed E-state index contributed by atoms with van der Waals surface area (Å²) in [5.41, 5.74) is 3.19. The molecule has 0 aromatic heterocycles. The van der Waals surface area contributed by atoms with E-state index in [9.17, 15) is 4.79 Å². The van der Waals surface area contributed by atoms with Gasteiger partial charge < -0.3 is 19.3 Å². The smallest absolute Gasteiger partial charge is 0.410 e. The Kier molecular flexibility index (Phi) is 5.99. The molecule has 5 heteroatoms. The minimum absolute atomic E-state index is 0.0286. The predicted molar refractivity (Wildman–Crippen MR) is 100 cm³/mol. The third-order valence-electron chi connectivity index (χ3n) is 4.40. The van der Waals surface area contributed by atoms with Crippen LogP contribution in [0.3, 0.4) is 0 Å². The molecule has 1 aliphatic rings. The molecule has 25 heavy (non-hydrogen) atoms. The summed E-state index contributed by atoms with van der Waals surface area (Å²) >= 11 is 0. The van der Waals surface area contributed by atoms with Crippen molar-refractivity contribution >= 4 is 6.09 Å². The van der Waals surface area contributed by atoms with Crippen LogP contribution < -0.4 is 4.74 Å². The van der Waals surface area contributed by atoms with E-state index < -0.39 is 5.60 Å². The monoisotopic (exact) mass is 348 g/mol. The van der Waals surface area contributed by atoms with Gasteiger partial charge in [0.1, 0.15) is 11.4 Å². The molecule has 1 atom stereocenters. The standard InChI is InChI=1S/C20H32N2O3/c1-8-17-16-12-18(24-7)15(13-21(5)6)11-14(16)9-10-22(17)19(23)25-20(2,3)4/h11-12,17H,8-10,13H2,1-7H3. The van der Waals surface area contributed by atoms with Gasteiger partial charge in [0.2, 0.25) is 0 Å². The first-order valence-electron chi connectivity index (χ1n) is 9.00. The summed E-state index contributed by atoms with van der Waals surface area (Å²) in [5.74, 6) is 0.886. The van der Waals surface area contributed by atoms with Gasteiger partial charge in [-0.2, -0.15) is 0 Å². The Balaban J connectivity index is 2.36. The summed E-state index contributed by atoms with van der Waals surface area (Å²) in [7, 11) is 5.81. The number of fused-ring (bicyclic) bond motifs is 1. The van der Waals surface area contributed by atoms with Gasteiger partial charge in [-0.1, -0.05) is 13.0 Å². The van der Waals surface area contributed by atoms with Crippen molar-refractivity contribution in [3.8, 4) is 5.75 Å². The number of ether oxygens (including phenoxy) is 2. The lowest BCUT2D eigenvalue weighted by molar-refractivity contribution is 0.0137. The largest absolute Gasteiger partial charge is 0.496 e. The number of hydrogen-bond donors (Lipinski definition) is 0. The van der Waals surface area contributed by atoms with Crippen molar-refractivity contribution < 1.29 is 14.3 Å². The third-order valence-corrected chi connectivity index (χ3v) is 4.40. The van der Waals surface area contributed by atoms with E-state index in [0.717, 1.165) is 25.1 Å². The molecule has 1 aliphatic heterocycles. The van der Waals surface area contributed by atoms with Crippen molar-refractivity contribution in [2.24, 2.45) is 0 Å². The molecule has 0 bridgehead atoms. The van der Waals surface area contributed by atoms with E-state index in [2.05, 4.69) is 38.1 Å². The quantitative estimate of drug-likeness (QED) is 0.825. The molecule has 0 saturated heterocycles. The van der Waals surface area contributed by atoms with Crippen LogP contribution in [0, 0.1) is 0 Å². The molecule has 0 spiro atoms. The number of benzene rings is 1. The fourth-order valence-corrected chi connectivity index (χ4v) is 3.42. The highest BCUT2D eigenvalue weighted by atomic mass is 16.6. The van der Waals surface area contributed by atoms with Gasteiger partial charge in [-0.3, -0.25) is 0 Å². The second-order valence-electron chi connectivity index (χ2n) is 7.95. The number of carbonyl (C=O) groups excluding carboxylic acids is 1. The first-order chi connectivity index (χ1) is 11.7. The van der Waals surface area contributed by atoms with Gasteiger partial charge in [0.15, 0.2) is 0 Å². The molecule has 2 rings (SSSR count). The first-order valence-corrected chi connectivity index (χ1v) is 9.00.